The highest BCUT2D eigenvalue weighted by molar-refractivity contribution is 6.40. The molecule has 1 aromatic heterocycles. The summed E-state index contributed by atoms with van der Waals surface area (Å²) in [7, 11) is 0. The number of Topliss-reactive ketones (excluding diaryl/α,β-unsaturated/α-hetero) is 1. The van der Waals surface area contributed by atoms with Crippen molar-refractivity contribution in [1.29, 1.82) is 0 Å². The zero-order valence-electron chi connectivity index (χ0n) is 13.4. The van der Waals surface area contributed by atoms with Gasteiger partial charge in [-0.1, -0.05) is 23.2 Å². The third-order valence-corrected chi connectivity index (χ3v) is 3.80. The Labute approximate surface area is 153 Å². The maximum atomic E-state index is 12.7. The minimum atomic E-state index is -1.70. The highest BCUT2D eigenvalue weighted by Crippen LogP contribution is 2.23. The Balaban J connectivity index is 2.43. The fraction of sp³-hybridized carbons (Fsp3) is 0.312. The molecule has 0 fully saturated rings. The van der Waals surface area contributed by atoms with Crippen molar-refractivity contribution in [3.63, 3.8) is 0 Å². The van der Waals surface area contributed by atoms with Crippen molar-refractivity contribution in [3.05, 3.63) is 34.1 Å². The molecule has 0 saturated carbocycles. The van der Waals surface area contributed by atoms with Crippen molar-refractivity contribution in [1.82, 2.24) is 9.97 Å². The summed E-state index contributed by atoms with van der Waals surface area (Å²) in [5, 5.41) is 0.00951. The third kappa shape index (κ3) is 4.24. The first kappa shape index (κ1) is 19.1. The Morgan fingerprint density at radius 1 is 0.960 bits per heavy atom. The second kappa shape index (κ2) is 8.22. The number of hydrogen-bond donors (Lipinski definition) is 0. The summed E-state index contributed by atoms with van der Waals surface area (Å²) < 4.78 is 9.62. The van der Waals surface area contributed by atoms with E-state index in [-0.39, 0.29) is 29.1 Å². The number of nitrogens with zero attached hydrogens (tertiary/aromatic N) is 2. The minimum absolute atomic E-state index is 0.0221. The Morgan fingerprint density at radius 2 is 1.48 bits per heavy atom. The number of esters is 2. The normalized spacial score (nSPS) is 10.8. The van der Waals surface area contributed by atoms with Gasteiger partial charge < -0.3 is 9.47 Å². The van der Waals surface area contributed by atoms with Crippen molar-refractivity contribution in [2.75, 3.05) is 13.2 Å². The van der Waals surface area contributed by atoms with Crippen LogP contribution in [0.3, 0.4) is 0 Å². The lowest BCUT2D eigenvalue weighted by Crippen LogP contribution is -2.35. The second-order valence-electron chi connectivity index (χ2n) is 4.81. The second-order valence-corrected chi connectivity index (χ2v) is 5.53. The fourth-order valence-corrected chi connectivity index (χ4v) is 2.36. The van der Waals surface area contributed by atoms with E-state index in [1.165, 1.54) is 18.2 Å². The Bertz CT molecular complexity index is 823. The predicted octanol–water partition coefficient (Wildman–Crippen LogP) is 2.86. The number of rotatable bonds is 6. The van der Waals surface area contributed by atoms with Crippen molar-refractivity contribution in [2.45, 2.75) is 13.8 Å². The van der Waals surface area contributed by atoms with Crippen LogP contribution in [0.25, 0.3) is 11.0 Å². The first-order chi connectivity index (χ1) is 11.9. The third-order valence-electron chi connectivity index (χ3n) is 3.17. The molecule has 2 aromatic rings. The van der Waals surface area contributed by atoms with E-state index in [1.54, 1.807) is 13.8 Å². The molecule has 0 aliphatic heterocycles. The van der Waals surface area contributed by atoms with Gasteiger partial charge in [-0.2, -0.15) is 0 Å². The van der Waals surface area contributed by atoms with Crippen LogP contribution in [0.2, 0.25) is 10.3 Å². The Kier molecular flexibility index (Phi) is 6.27. The number of carbonyl (C=O) groups excluding carboxylic acids is 3. The topological polar surface area (TPSA) is 95.5 Å². The van der Waals surface area contributed by atoms with Crippen molar-refractivity contribution >= 4 is 52.0 Å². The van der Waals surface area contributed by atoms with Crippen molar-refractivity contribution in [2.24, 2.45) is 5.92 Å². The standard InChI is InChI=1S/C16H14Cl2N2O5/c1-3-24-15(22)11(16(23)25-4-2)12(21)8-5-6-9-10(7-8)20-14(18)13(17)19-9/h5-7,11H,3-4H2,1-2H3. The summed E-state index contributed by atoms with van der Waals surface area (Å²) in [6.07, 6.45) is 0. The lowest BCUT2D eigenvalue weighted by atomic mass is 9.97. The van der Waals surface area contributed by atoms with Crippen LogP contribution in [-0.2, 0) is 19.1 Å². The van der Waals surface area contributed by atoms with Gasteiger partial charge in [0.2, 0.25) is 5.92 Å². The van der Waals surface area contributed by atoms with Gasteiger partial charge in [0, 0.05) is 5.56 Å². The molecule has 9 heteroatoms. The van der Waals surface area contributed by atoms with Crippen LogP contribution in [0.1, 0.15) is 24.2 Å². The molecule has 0 unspecified atom stereocenters. The zero-order valence-corrected chi connectivity index (χ0v) is 14.9. The van der Waals surface area contributed by atoms with Crippen LogP contribution in [0, 0.1) is 5.92 Å². The van der Waals surface area contributed by atoms with Gasteiger partial charge in [-0.05, 0) is 32.0 Å². The summed E-state index contributed by atoms with van der Waals surface area (Å²) in [5.74, 6) is -4.39. The number of fused-ring (bicyclic) bond motifs is 1. The predicted molar refractivity (Wildman–Crippen MR) is 90.6 cm³/mol. The van der Waals surface area contributed by atoms with Gasteiger partial charge >= 0.3 is 11.9 Å². The van der Waals surface area contributed by atoms with Gasteiger partial charge in [0.15, 0.2) is 16.1 Å². The molecule has 0 amide bonds. The highest BCUT2D eigenvalue weighted by Gasteiger charge is 2.37. The number of hydrogen-bond acceptors (Lipinski definition) is 7. The fourth-order valence-electron chi connectivity index (χ4n) is 2.09. The van der Waals surface area contributed by atoms with Crippen LogP contribution < -0.4 is 0 Å². The van der Waals surface area contributed by atoms with E-state index in [0.29, 0.717) is 11.0 Å². The average molecular weight is 385 g/mol. The van der Waals surface area contributed by atoms with Gasteiger partial charge in [-0.3, -0.25) is 14.4 Å². The maximum absolute atomic E-state index is 12.7. The number of aromatic nitrogens is 2. The maximum Gasteiger partial charge on any atom is 0.328 e. The minimum Gasteiger partial charge on any atom is -0.465 e. The average Bonchev–Trinajstić information content (AvgIpc) is 2.56. The molecule has 0 N–H and O–H groups in total. The van der Waals surface area contributed by atoms with Gasteiger partial charge in [-0.25, -0.2) is 9.97 Å². The van der Waals surface area contributed by atoms with E-state index in [0.717, 1.165) is 0 Å². The van der Waals surface area contributed by atoms with Gasteiger partial charge in [0.1, 0.15) is 0 Å². The smallest absolute Gasteiger partial charge is 0.328 e. The Morgan fingerprint density at radius 3 is 2.00 bits per heavy atom. The molecular weight excluding hydrogens is 371 g/mol. The molecule has 0 atom stereocenters. The molecular formula is C16H14Cl2N2O5. The molecule has 0 saturated heterocycles. The van der Waals surface area contributed by atoms with Crippen LogP contribution in [0.5, 0.6) is 0 Å². The van der Waals surface area contributed by atoms with Crippen LogP contribution in [0.4, 0.5) is 0 Å². The molecule has 7 nitrogen and oxygen atoms in total. The molecule has 1 aromatic carbocycles. The summed E-state index contributed by atoms with van der Waals surface area (Å²) in [6.45, 7) is 3.20. The molecule has 2 rings (SSSR count). The van der Waals surface area contributed by atoms with E-state index in [1.807, 2.05) is 0 Å². The summed E-state index contributed by atoms with van der Waals surface area (Å²) in [5.41, 5.74) is 0.785. The number of carbonyl (C=O) groups is 3. The number of ether oxygens (including phenoxy) is 2. The summed E-state index contributed by atoms with van der Waals surface area (Å²) >= 11 is 11.6. The Hall–Kier alpha value is -2.25. The van der Waals surface area contributed by atoms with Gasteiger partial charge in [0.05, 0.1) is 24.2 Å². The van der Waals surface area contributed by atoms with E-state index < -0.39 is 23.6 Å². The van der Waals surface area contributed by atoms with Crippen LogP contribution in [0.15, 0.2) is 18.2 Å². The quantitative estimate of drug-likeness (QED) is 0.429. The molecule has 25 heavy (non-hydrogen) atoms. The monoisotopic (exact) mass is 384 g/mol. The van der Waals surface area contributed by atoms with E-state index in [4.69, 9.17) is 32.7 Å². The van der Waals surface area contributed by atoms with Crippen molar-refractivity contribution < 1.29 is 23.9 Å². The first-order valence-corrected chi connectivity index (χ1v) is 8.14. The summed E-state index contributed by atoms with van der Waals surface area (Å²) in [6, 6.07) is 4.28. The molecule has 132 valence electrons. The van der Waals surface area contributed by atoms with Crippen LogP contribution >= 0.6 is 23.2 Å². The first-order valence-electron chi connectivity index (χ1n) is 7.39. The van der Waals surface area contributed by atoms with Crippen LogP contribution in [-0.4, -0.2) is 40.9 Å². The number of benzene rings is 1. The molecule has 0 aliphatic carbocycles. The molecule has 0 bridgehead atoms. The molecule has 1 heterocycles. The van der Waals surface area contributed by atoms with E-state index in [9.17, 15) is 14.4 Å². The number of halogens is 2. The van der Waals surface area contributed by atoms with Gasteiger partial charge in [0.25, 0.3) is 0 Å². The lowest BCUT2D eigenvalue weighted by Gasteiger charge is -2.13. The summed E-state index contributed by atoms with van der Waals surface area (Å²) in [4.78, 5) is 44.8. The van der Waals surface area contributed by atoms with Gasteiger partial charge in [-0.15, -0.1) is 0 Å². The molecule has 0 radical (unpaired) electrons. The van der Waals surface area contributed by atoms with E-state index >= 15 is 0 Å². The number of ketones is 1. The molecule has 0 aliphatic rings. The zero-order chi connectivity index (χ0) is 18.6. The SMILES string of the molecule is CCOC(=O)C(C(=O)OCC)C(=O)c1ccc2nc(Cl)c(Cl)nc2c1. The van der Waals surface area contributed by atoms with Crippen molar-refractivity contribution in [3.8, 4) is 0 Å². The largest absolute Gasteiger partial charge is 0.465 e. The lowest BCUT2D eigenvalue weighted by molar-refractivity contribution is -0.158. The molecule has 0 spiro atoms. The van der Waals surface area contributed by atoms with E-state index in [2.05, 4.69) is 9.97 Å². The highest BCUT2D eigenvalue weighted by atomic mass is 35.5.